The molecule has 3 aromatic rings. The zero-order chi connectivity index (χ0) is 22.4. The molecule has 4 rings (SSSR count). The predicted octanol–water partition coefficient (Wildman–Crippen LogP) is 3.27. The van der Waals surface area contributed by atoms with Crippen molar-refractivity contribution in [1.82, 2.24) is 23.6 Å². The highest BCUT2D eigenvalue weighted by molar-refractivity contribution is 6.36. The number of aryl methyl sites for hydroxylation is 1. The summed E-state index contributed by atoms with van der Waals surface area (Å²) in [7, 11) is 3.12. The zero-order valence-electron chi connectivity index (χ0n) is 18.2. The third kappa shape index (κ3) is 4.06. The number of hydrogen-bond acceptors (Lipinski definition) is 4. The first-order chi connectivity index (χ1) is 14.7. The van der Waals surface area contributed by atoms with Gasteiger partial charge in [0.15, 0.2) is 11.2 Å². The van der Waals surface area contributed by atoms with Crippen LogP contribution in [0, 0.1) is 11.8 Å². The standard InChI is InChI=1S/C22H27Cl2N5O2/c1-13-8-14(2)10-28(9-13)12-18-25-20-19(21(30)27(4)22(31)26(20)3)29(18)11-15-16(23)6-5-7-17(15)24/h5-7,13-14H,8-12H2,1-4H3/t13-,14-/m1/s1. The lowest BCUT2D eigenvalue weighted by molar-refractivity contribution is 0.130. The Morgan fingerprint density at radius 1 is 1.00 bits per heavy atom. The van der Waals surface area contributed by atoms with Crippen LogP contribution in [0.2, 0.25) is 10.0 Å². The maximum Gasteiger partial charge on any atom is 0.332 e. The molecule has 1 aliphatic heterocycles. The summed E-state index contributed by atoms with van der Waals surface area (Å²) in [6.07, 6.45) is 1.21. The number of benzene rings is 1. The van der Waals surface area contributed by atoms with E-state index in [1.807, 2.05) is 4.57 Å². The first-order valence-electron chi connectivity index (χ1n) is 10.5. The Labute approximate surface area is 190 Å². The zero-order valence-corrected chi connectivity index (χ0v) is 19.7. The molecule has 166 valence electrons. The lowest BCUT2D eigenvalue weighted by atomic mass is 9.92. The molecule has 31 heavy (non-hydrogen) atoms. The van der Waals surface area contributed by atoms with Gasteiger partial charge in [0.1, 0.15) is 5.82 Å². The Morgan fingerprint density at radius 3 is 2.23 bits per heavy atom. The Bertz CT molecular complexity index is 1230. The molecule has 0 saturated carbocycles. The van der Waals surface area contributed by atoms with Gasteiger partial charge in [-0.25, -0.2) is 9.78 Å². The molecular formula is C22H27Cl2N5O2. The second-order valence-electron chi connectivity index (χ2n) is 8.83. The topological polar surface area (TPSA) is 65.1 Å². The number of imidazole rings is 1. The van der Waals surface area contributed by atoms with Crippen molar-refractivity contribution < 1.29 is 0 Å². The van der Waals surface area contributed by atoms with Crippen molar-refractivity contribution in [1.29, 1.82) is 0 Å². The third-order valence-electron chi connectivity index (χ3n) is 6.11. The van der Waals surface area contributed by atoms with E-state index in [9.17, 15) is 9.59 Å². The molecule has 1 fully saturated rings. The quantitative estimate of drug-likeness (QED) is 0.595. The van der Waals surface area contributed by atoms with Gasteiger partial charge in [0.2, 0.25) is 0 Å². The number of fused-ring (bicyclic) bond motifs is 1. The van der Waals surface area contributed by atoms with E-state index in [2.05, 4.69) is 18.7 Å². The first-order valence-corrected chi connectivity index (χ1v) is 11.2. The molecule has 3 heterocycles. The average Bonchev–Trinajstić information content (AvgIpc) is 3.05. The van der Waals surface area contributed by atoms with Crippen LogP contribution in [0.25, 0.3) is 11.2 Å². The molecule has 0 spiro atoms. The normalized spacial score (nSPS) is 19.9. The van der Waals surface area contributed by atoms with Gasteiger partial charge in [-0.1, -0.05) is 43.1 Å². The summed E-state index contributed by atoms with van der Waals surface area (Å²) < 4.78 is 4.41. The van der Waals surface area contributed by atoms with Gasteiger partial charge in [0.25, 0.3) is 5.56 Å². The molecule has 0 unspecified atom stereocenters. The number of piperidine rings is 1. The number of nitrogens with zero attached hydrogens (tertiary/aromatic N) is 5. The summed E-state index contributed by atoms with van der Waals surface area (Å²) in [5.41, 5.74) is 0.714. The van der Waals surface area contributed by atoms with E-state index in [0.29, 0.717) is 46.1 Å². The van der Waals surface area contributed by atoms with Crippen molar-refractivity contribution in [3.63, 3.8) is 0 Å². The predicted molar refractivity (Wildman–Crippen MR) is 124 cm³/mol. The number of rotatable bonds is 4. The number of halogens is 2. The highest BCUT2D eigenvalue weighted by Gasteiger charge is 2.26. The molecule has 7 nitrogen and oxygen atoms in total. The Hall–Kier alpha value is -2.09. The van der Waals surface area contributed by atoms with Gasteiger partial charge in [0.05, 0.1) is 13.1 Å². The molecule has 9 heteroatoms. The number of aromatic nitrogens is 4. The van der Waals surface area contributed by atoms with Gasteiger partial charge in [-0.15, -0.1) is 0 Å². The van der Waals surface area contributed by atoms with Crippen molar-refractivity contribution in [3.8, 4) is 0 Å². The van der Waals surface area contributed by atoms with E-state index >= 15 is 0 Å². The lowest BCUT2D eigenvalue weighted by Crippen LogP contribution is -2.39. The highest BCUT2D eigenvalue weighted by atomic mass is 35.5. The number of likely N-dealkylation sites (tertiary alicyclic amines) is 1. The fourth-order valence-electron chi connectivity index (χ4n) is 4.75. The van der Waals surface area contributed by atoms with Crippen LogP contribution in [-0.2, 0) is 27.2 Å². The van der Waals surface area contributed by atoms with Crippen molar-refractivity contribution >= 4 is 34.4 Å². The van der Waals surface area contributed by atoms with E-state index in [1.54, 1.807) is 25.2 Å². The molecule has 0 radical (unpaired) electrons. The Morgan fingerprint density at radius 2 is 1.61 bits per heavy atom. The van der Waals surface area contributed by atoms with E-state index in [0.717, 1.165) is 29.0 Å². The van der Waals surface area contributed by atoms with Crippen molar-refractivity contribution in [2.75, 3.05) is 13.1 Å². The van der Waals surface area contributed by atoms with Crippen molar-refractivity contribution in [2.45, 2.75) is 33.4 Å². The summed E-state index contributed by atoms with van der Waals surface area (Å²) >= 11 is 12.9. The van der Waals surface area contributed by atoms with Crippen LogP contribution in [0.15, 0.2) is 27.8 Å². The van der Waals surface area contributed by atoms with E-state index in [4.69, 9.17) is 28.2 Å². The van der Waals surface area contributed by atoms with Gasteiger partial charge >= 0.3 is 5.69 Å². The summed E-state index contributed by atoms with van der Waals surface area (Å²) in [4.78, 5) is 32.7. The minimum absolute atomic E-state index is 0.302. The number of hydrogen-bond donors (Lipinski definition) is 0. The van der Waals surface area contributed by atoms with E-state index in [-0.39, 0.29) is 5.56 Å². The van der Waals surface area contributed by atoms with Crippen LogP contribution in [0.1, 0.15) is 31.7 Å². The Kier molecular flexibility index (Phi) is 6.03. The lowest BCUT2D eigenvalue weighted by Gasteiger charge is -2.34. The van der Waals surface area contributed by atoms with Gasteiger partial charge in [-0.3, -0.25) is 18.8 Å². The van der Waals surface area contributed by atoms with Gasteiger partial charge < -0.3 is 4.57 Å². The maximum atomic E-state index is 13.1. The molecule has 0 amide bonds. The van der Waals surface area contributed by atoms with Crippen LogP contribution < -0.4 is 11.2 Å². The minimum atomic E-state index is -0.398. The smallest absolute Gasteiger partial charge is 0.316 e. The van der Waals surface area contributed by atoms with Crippen LogP contribution in [0.4, 0.5) is 0 Å². The Balaban J connectivity index is 1.89. The molecule has 2 atom stereocenters. The summed E-state index contributed by atoms with van der Waals surface area (Å²) in [6, 6.07) is 5.35. The van der Waals surface area contributed by atoms with Crippen LogP contribution in [-0.4, -0.2) is 36.7 Å². The van der Waals surface area contributed by atoms with Gasteiger partial charge in [-0.05, 0) is 30.4 Å². The van der Waals surface area contributed by atoms with Crippen LogP contribution in [0.5, 0.6) is 0 Å². The first kappa shape index (κ1) is 22.1. The van der Waals surface area contributed by atoms with E-state index < -0.39 is 5.69 Å². The SMILES string of the molecule is C[C@@H]1C[C@@H](C)CN(Cc2nc3c(c(=O)n(C)c(=O)n3C)n2Cc2c(Cl)cccc2Cl)C1. The van der Waals surface area contributed by atoms with Crippen LogP contribution >= 0.6 is 23.2 Å². The molecule has 1 saturated heterocycles. The maximum absolute atomic E-state index is 13.1. The summed E-state index contributed by atoms with van der Waals surface area (Å²) in [5.74, 6) is 1.92. The van der Waals surface area contributed by atoms with E-state index in [1.165, 1.54) is 18.0 Å². The van der Waals surface area contributed by atoms with Crippen molar-refractivity contribution in [2.24, 2.45) is 25.9 Å². The molecule has 0 aliphatic carbocycles. The van der Waals surface area contributed by atoms with Gasteiger partial charge in [0, 0.05) is 42.8 Å². The average molecular weight is 464 g/mol. The molecule has 0 N–H and O–H groups in total. The fourth-order valence-corrected chi connectivity index (χ4v) is 5.26. The summed E-state index contributed by atoms with van der Waals surface area (Å²) in [5, 5.41) is 1.06. The van der Waals surface area contributed by atoms with Crippen LogP contribution in [0.3, 0.4) is 0 Å². The molecule has 1 aliphatic rings. The third-order valence-corrected chi connectivity index (χ3v) is 6.82. The fraction of sp³-hybridized carbons (Fsp3) is 0.500. The second kappa shape index (κ2) is 8.45. The molecule has 1 aromatic carbocycles. The molecule has 2 aromatic heterocycles. The second-order valence-corrected chi connectivity index (χ2v) is 9.65. The molecule has 0 bridgehead atoms. The largest absolute Gasteiger partial charge is 0.332 e. The van der Waals surface area contributed by atoms with Gasteiger partial charge in [-0.2, -0.15) is 0 Å². The molecular weight excluding hydrogens is 437 g/mol. The minimum Gasteiger partial charge on any atom is -0.316 e. The monoisotopic (exact) mass is 463 g/mol. The van der Waals surface area contributed by atoms with Crippen molar-refractivity contribution in [3.05, 3.63) is 60.5 Å². The highest BCUT2D eigenvalue weighted by Crippen LogP contribution is 2.28. The summed E-state index contributed by atoms with van der Waals surface area (Å²) in [6.45, 7) is 7.34.